The molecule has 1 amide bonds. The zero-order chi connectivity index (χ0) is 18.3. The van der Waals surface area contributed by atoms with Gasteiger partial charge in [-0.3, -0.25) is 9.48 Å². The van der Waals surface area contributed by atoms with Gasteiger partial charge in [0, 0.05) is 18.1 Å². The van der Waals surface area contributed by atoms with Crippen LogP contribution in [0.4, 0.5) is 0 Å². The smallest absolute Gasteiger partial charge is 0.233 e. The number of aromatic nitrogens is 2. The molecule has 6 heteroatoms. The molecule has 1 aliphatic carbocycles. The number of amides is 1. The number of halogens is 1. The molecule has 2 aliphatic rings. The molecule has 0 spiro atoms. The molecule has 138 valence electrons. The summed E-state index contributed by atoms with van der Waals surface area (Å²) in [5.41, 5.74) is 2.33. The van der Waals surface area contributed by atoms with Crippen LogP contribution < -0.4 is 0 Å². The number of carbonyl (C=O) groups excluding carboxylic acids is 1. The lowest BCUT2D eigenvalue weighted by atomic mass is 9.63. The Hall–Kier alpha value is -1.85. The third-order valence-electron chi connectivity index (χ3n) is 5.76. The fraction of sp³-hybridized carbons (Fsp3) is 0.500. The van der Waals surface area contributed by atoms with Crippen LogP contribution in [0, 0.1) is 0 Å². The van der Waals surface area contributed by atoms with Crippen LogP contribution in [0.5, 0.6) is 0 Å². The van der Waals surface area contributed by atoms with E-state index < -0.39 is 11.5 Å². The van der Waals surface area contributed by atoms with Gasteiger partial charge in [-0.25, -0.2) is 0 Å². The molecular formula is C20H24ClN3O2. The van der Waals surface area contributed by atoms with Crippen LogP contribution in [-0.4, -0.2) is 32.2 Å². The van der Waals surface area contributed by atoms with E-state index in [0.29, 0.717) is 17.3 Å². The third kappa shape index (κ3) is 2.93. The minimum atomic E-state index is -0.592. The Morgan fingerprint density at radius 1 is 1.23 bits per heavy atom. The van der Waals surface area contributed by atoms with E-state index in [4.69, 9.17) is 11.6 Å². The number of rotatable bonds is 3. The van der Waals surface area contributed by atoms with Crippen molar-refractivity contribution in [2.75, 3.05) is 6.54 Å². The summed E-state index contributed by atoms with van der Waals surface area (Å²) >= 11 is 6.03. The number of fused-ring (bicyclic) bond motifs is 1. The summed E-state index contributed by atoms with van der Waals surface area (Å²) in [5.74, 6) is 0.208. The maximum absolute atomic E-state index is 13.5. The molecule has 0 bridgehead atoms. The number of aliphatic hydroxyl groups excluding tert-OH is 1. The van der Waals surface area contributed by atoms with Crippen molar-refractivity contribution in [2.45, 2.75) is 57.2 Å². The molecule has 1 fully saturated rings. The normalized spacial score (nSPS) is 20.0. The Morgan fingerprint density at radius 2 is 1.96 bits per heavy atom. The first kappa shape index (κ1) is 17.6. The van der Waals surface area contributed by atoms with Gasteiger partial charge in [0.25, 0.3) is 0 Å². The minimum Gasteiger partial charge on any atom is -0.387 e. The number of hydrogen-bond acceptors (Lipinski definition) is 3. The molecule has 26 heavy (non-hydrogen) atoms. The van der Waals surface area contributed by atoms with Crippen molar-refractivity contribution < 1.29 is 9.90 Å². The molecule has 2 aromatic rings. The van der Waals surface area contributed by atoms with E-state index in [9.17, 15) is 9.90 Å². The summed E-state index contributed by atoms with van der Waals surface area (Å²) in [6.07, 6.45) is 3.14. The number of benzene rings is 1. The second-order valence-corrected chi connectivity index (χ2v) is 7.92. The van der Waals surface area contributed by atoms with Crippen molar-refractivity contribution >= 4 is 17.5 Å². The molecule has 0 radical (unpaired) electrons. The van der Waals surface area contributed by atoms with Gasteiger partial charge in [0.2, 0.25) is 5.91 Å². The van der Waals surface area contributed by atoms with Crippen LogP contribution in [0.2, 0.25) is 5.02 Å². The molecule has 1 N–H and O–H groups in total. The Labute approximate surface area is 158 Å². The fourth-order valence-electron chi connectivity index (χ4n) is 4.09. The lowest BCUT2D eigenvalue weighted by Gasteiger charge is -2.43. The first-order chi connectivity index (χ1) is 12.5. The zero-order valence-electron chi connectivity index (χ0n) is 15.0. The van der Waals surface area contributed by atoms with Crippen LogP contribution in [0.25, 0.3) is 0 Å². The molecule has 5 nitrogen and oxygen atoms in total. The lowest BCUT2D eigenvalue weighted by molar-refractivity contribution is -0.141. The van der Waals surface area contributed by atoms with Gasteiger partial charge < -0.3 is 10.0 Å². The average molecular weight is 374 g/mol. The largest absolute Gasteiger partial charge is 0.387 e. The van der Waals surface area contributed by atoms with E-state index >= 15 is 0 Å². The van der Waals surface area contributed by atoms with Gasteiger partial charge in [0.05, 0.1) is 29.5 Å². The second kappa shape index (κ2) is 6.71. The molecule has 1 aromatic carbocycles. The van der Waals surface area contributed by atoms with Crippen LogP contribution in [-0.2, 0) is 23.3 Å². The average Bonchev–Trinajstić information content (AvgIpc) is 2.87. The van der Waals surface area contributed by atoms with E-state index in [1.54, 1.807) is 6.92 Å². The topological polar surface area (TPSA) is 58.4 Å². The van der Waals surface area contributed by atoms with E-state index in [2.05, 4.69) is 5.10 Å². The van der Waals surface area contributed by atoms with Crippen LogP contribution in [0.1, 0.15) is 55.7 Å². The molecule has 1 aromatic heterocycles. The van der Waals surface area contributed by atoms with Crippen molar-refractivity contribution in [3.05, 3.63) is 52.3 Å². The maximum Gasteiger partial charge on any atom is 0.233 e. The van der Waals surface area contributed by atoms with Crippen molar-refractivity contribution in [2.24, 2.45) is 0 Å². The third-order valence-corrected chi connectivity index (χ3v) is 6.01. The summed E-state index contributed by atoms with van der Waals surface area (Å²) in [4.78, 5) is 15.5. The van der Waals surface area contributed by atoms with Gasteiger partial charge in [-0.2, -0.15) is 5.10 Å². The highest BCUT2D eigenvalue weighted by Crippen LogP contribution is 2.45. The van der Waals surface area contributed by atoms with Gasteiger partial charge in [-0.1, -0.05) is 30.2 Å². The zero-order valence-corrected chi connectivity index (χ0v) is 15.7. The van der Waals surface area contributed by atoms with E-state index in [1.165, 1.54) is 0 Å². The van der Waals surface area contributed by atoms with Gasteiger partial charge in [-0.15, -0.1) is 0 Å². The Morgan fingerprint density at radius 3 is 2.58 bits per heavy atom. The highest BCUT2D eigenvalue weighted by molar-refractivity contribution is 6.30. The fourth-order valence-corrected chi connectivity index (χ4v) is 4.22. The first-order valence-electron chi connectivity index (χ1n) is 9.30. The van der Waals surface area contributed by atoms with Crippen molar-refractivity contribution in [1.29, 1.82) is 0 Å². The number of aliphatic hydroxyl groups is 1. The molecule has 2 heterocycles. The van der Waals surface area contributed by atoms with Crippen LogP contribution in [0.15, 0.2) is 30.3 Å². The molecular weight excluding hydrogens is 350 g/mol. The summed E-state index contributed by atoms with van der Waals surface area (Å²) in [6, 6.07) is 9.65. The summed E-state index contributed by atoms with van der Waals surface area (Å²) in [5, 5.41) is 15.0. The highest BCUT2D eigenvalue weighted by atomic mass is 35.5. The molecule has 1 aliphatic heterocycles. The van der Waals surface area contributed by atoms with Crippen molar-refractivity contribution in [1.82, 2.24) is 14.7 Å². The highest BCUT2D eigenvalue weighted by Gasteiger charge is 2.47. The number of aryl methyl sites for hydroxylation is 1. The number of hydrogen-bond donors (Lipinski definition) is 1. The van der Waals surface area contributed by atoms with E-state index in [1.807, 2.05) is 39.9 Å². The minimum absolute atomic E-state index is 0.208. The summed E-state index contributed by atoms with van der Waals surface area (Å²) in [7, 11) is 0. The SMILES string of the molecule is C[C@@H](O)c1cc2n(n1)CCCN(C(=O)C1(c3ccc(Cl)cc3)CCC1)C2. The lowest BCUT2D eigenvalue weighted by Crippen LogP contribution is -2.50. The predicted molar refractivity (Wildman–Crippen MR) is 99.9 cm³/mol. The number of carbonyl (C=O) groups is 1. The Kier molecular flexibility index (Phi) is 4.53. The molecule has 0 saturated heterocycles. The van der Waals surface area contributed by atoms with Gasteiger partial charge in [0.15, 0.2) is 0 Å². The molecule has 1 atom stereocenters. The summed E-state index contributed by atoms with van der Waals surface area (Å²) in [6.45, 7) is 3.78. The quantitative estimate of drug-likeness (QED) is 0.896. The Balaban J connectivity index is 1.61. The van der Waals surface area contributed by atoms with Crippen LogP contribution >= 0.6 is 11.6 Å². The van der Waals surface area contributed by atoms with Crippen molar-refractivity contribution in [3.63, 3.8) is 0 Å². The van der Waals surface area contributed by atoms with Crippen LogP contribution in [0.3, 0.4) is 0 Å². The molecule has 0 unspecified atom stereocenters. The molecule has 1 saturated carbocycles. The van der Waals surface area contributed by atoms with Gasteiger partial charge in [-0.05, 0) is 49.9 Å². The molecule has 4 rings (SSSR count). The van der Waals surface area contributed by atoms with E-state index in [0.717, 1.165) is 50.0 Å². The first-order valence-corrected chi connectivity index (χ1v) is 9.67. The van der Waals surface area contributed by atoms with E-state index in [-0.39, 0.29) is 5.91 Å². The van der Waals surface area contributed by atoms with Gasteiger partial charge >= 0.3 is 0 Å². The van der Waals surface area contributed by atoms with Gasteiger partial charge in [0.1, 0.15) is 0 Å². The standard InChI is InChI=1S/C20H24ClN3O2/c1-14(25)18-12-17-13-23(10-3-11-24(17)22-18)19(26)20(8-2-9-20)15-4-6-16(21)7-5-15/h4-7,12,14,25H,2-3,8-11,13H2,1H3/t14-/m1/s1. The number of nitrogens with zero attached hydrogens (tertiary/aromatic N) is 3. The Bertz CT molecular complexity index is 809. The second-order valence-electron chi connectivity index (χ2n) is 7.48. The maximum atomic E-state index is 13.5. The predicted octanol–water partition coefficient (Wildman–Crippen LogP) is 3.44. The van der Waals surface area contributed by atoms with Crippen molar-refractivity contribution in [3.8, 4) is 0 Å². The summed E-state index contributed by atoms with van der Waals surface area (Å²) < 4.78 is 1.94. The monoisotopic (exact) mass is 373 g/mol.